The van der Waals surface area contributed by atoms with Gasteiger partial charge in [0.25, 0.3) is 0 Å². The van der Waals surface area contributed by atoms with Crippen LogP contribution in [-0.4, -0.2) is 7.85 Å². The van der Waals surface area contributed by atoms with E-state index in [1.807, 2.05) is 24.3 Å². The molecule has 0 N–H and O–H groups in total. The normalized spacial score (nSPS) is 10.2. The molecule has 2 radical (unpaired) electrons. The minimum Gasteiger partial charge on any atom is -0.193 e. The summed E-state index contributed by atoms with van der Waals surface area (Å²) in [4.78, 5) is 0. The van der Waals surface area contributed by atoms with Crippen LogP contribution in [0.4, 0.5) is 0 Å². The van der Waals surface area contributed by atoms with Crippen molar-refractivity contribution in [3.05, 3.63) is 35.4 Å². The molecule has 1 aromatic carbocycles. The number of hydrogen-bond donors (Lipinski definition) is 0. The van der Waals surface area contributed by atoms with Crippen LogP contribution in [0.3, 0.4) is 0 Å². The fourth-order valence-corrected chi connectivity index (χ4v) is 1.18. The van der Waals surface area contributed by atoms with Crippen LogP contribution in [0, 0.1) is 11.3 Å². The molecule has 0 aliphatic carbocycles. The number of hydrogen-bond acceptors (Lipinski definition) is 1. The largest absolute Gasteiger partial charge is 0.193 e. The molecule has 0 unspecified atom stereocenters. The summed E-state index contributed by atoms with van der Waals surface area (Å²) in [5.74, 6) is 0. The third-order valence-corrected chi connectivity index (χ3v) is 1.80. The molecule has 62 valence electrons. The first-order chi connectivity index (χ1) is 6.26. The molecule has 1 aromatic rings. The van der Waals surface area contributed by atoms with Crippen molar-refractivity contribution in [2.45, 2.75) is 13.3 Å². The van der Waals surface area contributed by atoms with Crippen LogP contribution >= 0.6 is 0 Å². The second kappa shape index (κ2) is 4.52. The van der Waals surface area contributed by atoms with E-state index in [4.69, 9.17) is 13.1 Å². The summed E-state index contributed by atoms with van der Waals surface area (Å²) < 4.78 is 0. The standard InChI is InChI=1S/C11H10BN/c1-2-9-6-10(4-3-5-13)8-11(12)7-9/h3-4,6-8H,2H2,1H3. The minimum absolute atomic E-state index is 0.747. The average molecular weight is 167 g/mol. The molecule has 0 bridgehead atoms. The molecule has 0 saturated carbocycles. The number of nitrogens with zero attached hydrogens (tertiary/aromatic N) is 1. The predicted molar refractivity (Wildman–Crippen MR) is 55.9 cm³/mol. The fourth-order valence-electron chi connectivity index (χ4n) is 1.18. The van der Waals surface area contributed by atoms with Crippen molar-refractivity contribution in [3.8, 4) is 6.07 Å². The van der Waals surface area contributed by atoms with Crippen LogP contribution in [0.1, 0.15) is 18.1 Å². The predicted octanol–water partition coefficient (Wildman–Crippen LogP) is 1.58. The smallest absolute Gasteiger partial charge is 0.113 e. The van der Waals surface area contributed by atoms with Crippen LogP contribution < -0.4 is 5.46 Å². The van der Waals surface area contributed by atoms with Crippen LogP contribution in [0.5, 0.6) is 0 Å². The Morgan fingerprint density at radius 3 is 2.85 bits per heavy atom. The van der Waals surface area contributed by atoms with Crippen LogP contribution in [0.15, 0.2) is 24.3 Å². The highest BCUT2D eigenvalue weighted by molar-refractivity contribution is 6.32. The Morgan fingerprint density at radius 1 is 1.46 bits per heavy atom. The van der Waals surface area contributed by atoms with Gasteiger partial charge in [-0.2, -0.15) is 5.26 Å². The lowest BCUT2D eigenvalue weighted by atomic mass is 9.91. The SMILES string of the molecule is [B]c1cc(C=CC#N)cc(CC)c1. The quantitative estimate of drug-likeness (QED) is 0.484. The van der Waals surface area contributed by atoms with Gasteiger partial charge in [-0.3, -0.25) is 0 Å². The lowest BCUT2D eigenvalue weighted by molar-refractivity contribution is 1.14. The second-order valence-corrected chi connectivity index (χ2v) is 2.82. The molecule has 0 amide bonds. The molecule has 0 aliphatic heterocycles. The fraction of sp³-hybridized carbons (Fsp3) is 0.182. The van der Waals surface area contributed by atoms with E-state index in [9.17, 15) is 0 Å². The number of aryl methyl sites for hydroxylation is 1. The van der Waals surface area contributed by atoms with Gasteiger partial charge in [-0.15, -0.1) is 0 Å². The Bertz CT molecular complexity index is 361. The lowest BCUT2D eigenvalue weighted by Gasteiger charge is -2.01. The third kappa shape index (κ3) is 2.80. The van der Waals surface area contributed by atoms with E-state index in [-0.39, 0.29) is 0 Å². The molecule has 0 heterocycles. The summed E-state index contributed by atoms with van der Waals surface area (Å²) in [5, 5.41) is 8.36. The minimum atomic E-state index is 0.747. The van der Waals surface area contributed by atoms with E-state index < -0.39 is 0 Å². The highest BCUT2D eigenvalue weighted by Crippen LogP contribution is 2.05. The van der Waals surface area contributed by atoms with E-state index in [1.165, 1.54) is 11.6 Å². The Balaban J connectivity index is 3.03. The zero-order chi connectivity index (χ0) is 9.68. The summed E-state index contributed by atoms with van der Waals surface area (Å²) >= 11 is 0. The highest BCUT2D eigenvalue weighted by Gasteiger charge is 1.93. The lowest BCUT2D eigenvalue weighted by Crippen LogP contribution is -2.03. The number of allylic oxidation sites excluding steroid dienone is 1. The van der Waals surface area contributed by atoms with Gasteiger partial charge in [-0.25, -0.2) is 0 Å². The molecule has 2 heteroatoms. The maximum absolute atomic E-state index is 8.36. The van der Waals surface area contributed by atoms with Crippen LogP contribution in [0.25, 0.3) is 6.08 Å². The van der Waals surface area contributed by atoms with Crippen molar-refractivity contribution in [2.75, 3.05) is 0 Å². The van der Waals surface area contributed by atoms with Gasteiger partial charge in [0.05, 0.1) is 6.07 Å². The van der Waals surface area contributed by atoms with Crippen LogP contribution in [0.2, 0.25) is 0 Å². The Labute approximate surface area is 80.1 Å². The zero-order valence-corrected chi connectivity index (χ0v) is 7.62. The van der Waals surface area contributed by atoms with Gasteiger partial charge in [-0.05, 0) is 23.6 Å². The van der Waals surface area contributed by atoms with E-state index >= 15 is 0 Å². The molecule has 0 aliphatic rings. The molecule has 0 fully saturated rings. The Kier molecular flexibility index (Phi) is 3.34. The summed E-state index contributed by atoms with van der Waals surface area (Å²) in [5.41, 5.74) is 2.92. The Hall–Kier alpha value is -1.49. The molecule has 0 atom stereocenters. The van der Waals surface area contributed by atoms with Crippen molar-refractivity contribution in [2.24, 2.45) is 0 Å². The van der Waals surface area contributed by atoms with Crippen molar-refractivity contribution in [3.63, 3.8) is 0 Å². The first-order valence-electron chi connectivity index (χ1n) is 4.22. The van der Waals surface area contributed by atoms with E-state index in [0.717, 1.165) is 17.4 Å². The summed E-state index contributed by atoms with van der Waals surface area (Å²) in [6, 6.07) is 7.79. The molecule has 0 saturated heterocycles. The van der Waals surface area contributed by atoms with Gasteiger partial charge in [0.1, 0.15) is 7.85 Å². The third-order valence-electron chi connectivity index (χ3n) is 1.80. The van der Waals surface area contributed by atoms with Crippen molar-refractivity contribution < 1.29 is 0 Å². The van der Waals surface area contributed by atoms with Gasteiger partial charge in [-0.1, -0.05) is 30.6 Å². The van der Waals surface area contributed by atoms with Gasteiger partial charge in [0.15, 0.2) is 0 Å². The van der Waals surface area contributed by atoms with Crippen molar-refractivity contribution >= 4 is 19.4 Å². The van der Waals surface area contributed by atoms with Crippen molar-refractivity contribution in [1.82, 2.24) is 0 Å². The summed E-state index contributed by atoms with van der Waals surface area (Å²) in [6.07, 6.45) is 4.17. The van der Waals surface area contributed by atoms with Gasteiger partial charge in [0, 0.05) is 6.08 Å². The molecule has 1 nitrogen and oxygen atoms in total. The first kappa shape index (κ1) is 9.60. The van der Waals surface area contributed by atoms with Gasteiger partial charge in [0.2, 0.25) is 0 Å². The molecule has 0 aromatic heterocycles. The maximum Gasteiger partial charge on any atom is 0.113 e. The highest BCUT2D eigenvalue weighted by atomic mass is 14.2. The van der Waals surface area contributed by atoms with Gasteiger partial charge >= 0.3 is 0 Å². The number of rotatable bonds is 2. The topological polar surface area (TPSA) is 23.8 Å². The average Bonchev–Trinajstić information content (AvgIpc) is 2.14. The first-order valence-corrected chi connectivity index (χ1v) is 4.22. The monoisotopic (exact) mass is 167 g/mol. The van der Waals surface area contributed by atoms with E-state index in [2.05, 4.69) is 6.92 Å². The van der Waals surface area contributed by atoms with Gasteiger partial charge < -0.3 is 0 Å². The van der Waals surface area contributed by atoms with E-state index in [1.54, 1.807) is 6.08 Å². The second-order valence-electron chi connectivity index (χ2n) is 2.82. The summed E-state index contributed by atoms with van der Waals surface area (Å²) in [7, 11) is 5.69. The molecular formula is C11H10BN. The Morgan fingerprint density at radius 2 is 2.23 bits per heavy atom. The number of benzene rings is 1. The number of nitriles is 1. The van der Waals surface area contributed by atoms with Crippen molar-refractivity contribution in [1.29, 1.82) is 5.26 Å². The maximum atomic E-state index is 8.36. The molecule has 1 rings (SSSR count). The molecular weight excluding hydrogens is 157 g/mol. The van der Waals surface area contributed by atoms with E-state index in [0.29, 0.717) is 0 Å². The van der Waals surface area contributed by atoms with Crippen LogP contribution in [-0.2, 0) is 6.42 Å². The zero-order valence-electron chi connectivity index (χ0n) is 7.62. The summed E-state index contributed by atoms with van der Waals surface area (Å²) in [6.45, 7) is 2.08. The molecule has 13 heavy (non-hydrogen) atoms. The molecule has 0 spiro atoms.